The Bertz CT molecular complexity index is 1220. The van der Waals surface area contributed by atoms with E-state index in [1.807, 2.05) is 4.90 Å². The van der Waals surface area contributed by atoms with Crippen molar-refractivity contribution >= 4 is 33.9 Å². The Morgan fingerprint density at radius 2 is 2.03 bits per heavy atom. The lowest BCUT2D eigenvalue weighted by Crippen LogP contribution is -2.35. The molecule has 2 fully saturated rings. The topological polar surface area (TPSA) is 115 Å². The predicted molar refractivity (Wildman–Crippen MR) is 110 cm³/mol. The molecule has 2 heterocycles. The molecule has 5 N–H and O–H groups in total. The van der Waals surface area contributed by atoms with Crippen molar-refractivity contribution in [3.05, 3.63) is 39.4 Å². The molecule has 2 aliphatic carbocycles. The molecule has 2 atom stereocenters. The summed E-state index contributed by atoms with van der Waals surface area (Å²) >= 11 is 0. The number of pyridine rings is 1. The number of nitrogens with two attached hydrogens (primary N) is 2. The van der Waals surface area contributed by atoms with Gasteiger partial charge in [0.2, 0.25) is 5.43 Å². The Morgan fingerprint density at radius 1 is 1.37 bits per heavy atom. The van der Waals surface area contributed by atoms with E-state index >= 15 is 4.39 Å². The number of rotatable bonds is 4. The fourth-order valence-electron chi connectivity index (χ4n) is 4.78. The summed E-state index contributed by atoms with van der Waals surface area (Å²) in [7, 11) is 0. The van der Waals surface area contributed by atoms with Gasteiger partial charge >= 0.3 is 5.97 Å². The highest BCUT2D eigenvalue weighted by molar-refractivity contribution is 6.03. The average Bonchev–Trinajstić information content (AvgIpc) is 3.55. The first-order chi connectivity index (χ1) is 14.1. The van der Waals surface area contributed by atoms with Crippen LogP contribution in [-0.2, 0) is 0 Å². The number of nitrogen functional groups attached to an aromatic ring is 1. The van der Waals surface area contributed by atoms with Crippen LogP contribution in [0, 0.1) is 18.7 Å². The molecule has 5 rings (SSSR count). The van der Waals surface area contributed by atoms with Gasteiger partial charge < -0.3 is 26.0 Å². The Labute approximate surface area is 170 Å². The quantitative estimate of drug-likeness (QED) is 0.659. The normalized spacial score (nSPS) is 24.3. The second-order valence-electron chi connectivity index (χ2n) is 8.63. The molecule has 1 saturated heterocycles. The van der Waals surface area contributed by atoms with E-state index in [9.17, 15) is 19.1 Å². The molecule has 1 aliphatic heterocycles. The number of hydrogen-bond donors (Lipinski definition) is 3. The van der Waals surface area contributed by atoms with Crippen molar-refractivity contribution in [1.82, 2.24) is 4.57 Å². The number of anilines is 2. The SMILES string of the molecule is Cc1c(N2CC[C@@H](C3(N)CC3)C2)c(F)c(N)c2c(=O)c(C(=O)O)cn(C3=CC3F)c12. The number of nitrogens with zero attached hydrogens (tertiary/aromatic N) is 2. The first-order valence-corrected chi connectivity index (χ1v) is 9.94. The van der Waals surface area contributed by atoms with Crippen LogP contribution < -0.4 is 21.8 Å². The van der Waals surface area contributed by atoms with E-state index < -0.39 is 34.6 Å². The molecule has 3 aliphatic rings. The van der Waals surface area contributed by atoms with Crippen molar-refractivity contribution in [2.75, 3.05) is 23.7 Å². The molecule has 1 aromatic carbocycles. The Kier molecular flexibility index (Phi) is 3.83. The molecule has 0 radical (unpaired) electrons. The maximum atomic E-state index is 15.4. The van der Waals surface area contributed by atoms with Crippen LogP contribution in [0.2, 0.25) is 0 Å². The number of aromatic nitrogens is 1. The van der Waals surface area contributed by atoms with E-state index in [1.54, 1.807) is 6.92 Å². The van der Waals surface area contributed by atoms with Crippen molar-refractivity contribution in [3.63, 3.8) is 0 Å². The van der Waals surface area contributed by atoms with Gasteiger partial charge in [0.15, 0.2) is 12.0 Å². The van der Waals surface area contributed by atoms with Gasteiger partial charge in [-0.15, -0.1) is 0 Å². The Balaban J connectivity index is 1.75. The maximum absolute atomic E-state index is 15.4. The number of aromatic carboxylic acids is 1. The van der Waals surface area contributed by atoms with Gasteiger partial charge in [0, 0.05) is 30.4 Å². The Morgan fingerprint density at radius 3 is 2.60 bits per heavy atom. The van der Waals surface area contributed by atoms with Gasteiger partial charge in [-0.05, 0) is 38.2 Å². The highest BCUT2D eigenvalue weighted by Crippen LogP contribution is 2.46. The highest BCUT2D eigenvalue weighted by Gasteiger charge is 2.48. The molecule has 2 aromatic rings. The van der Waals surface area contributed by atoms with Gasteiger partial charge in [-0.25, -0.2) is 13.6 Å². The first-order valence-electron chi connectivity index (χ1n) is 9.94. The van der Waals surface area contributed by atoms with Gasteiger partial charge in [-0.2, -0.15) is 0 Å². The summed E-state index contributed by atoms with van der Waals surface area (Å²) in [6, 6.07) is 0. The van der Waals surface area contributed by atoms with Crippen molar-refractivity contribution in [3.8, 4) is 0 Å². The molecule has 0 amide bonds. The molecule has 1 unspecified atom stereocenters. The average molecular weight is 416 g/mol. The van der Waals surface area contributed by atoms with Crippen LogP contribution >= 0.6 is 0 Å². The number of carboxylic acid groups (broad SMARTS) is 1. The van der Waals surface area contributed by atoms with Crippen LogP contribution in [0.1, 0.15) is 35.2 Å². The molecule has 1 saturated carbocycles. The number of aryl methyl sites for hydroxylation is 1. The van der Waals surface area contributed by atoms with Crippen LogP contribution in [0.5, 0.6) is 0 Å². The third-order valence-electron chi connectivity index (χ3n) is 6.78. The summed E-state index contributed by atoms with van der Waals surface area (Å²) in [5.74, 6) is -1.99. The van der Waals surface area contributed by atoms with Crippen LogP contribution in [0.25, 0.3) is 16.6 Å². The van der Waals surface area contributed by atoms with Crippen LogP contribution in [-0.4, -0.2) is 40.4 Å². The summed E-state index contributed by atoms with van der Waals surface area (Å²) < 4.78 is 30.6. The lowest BCUT2D eigenvalue weighted by Gasteiger charge is -2.26. The number of carboxylic acids is 1. The zero-order valence-corrected chi connectivity index (χ0v) is 16.4. The van der Waals surface area contributed by atoms with Crippen LogP contribution in [0.15, 0.2) is 17.1 Å². The number of halogens is 2. The van der Waals surface area contributed by atoms with Gasteiger partial charge in [0.05, 0.1) is 28.0 Å². The molecule has 158 valence electrons. The molecule has 7 nitrogen and oxygen atoms in total. The number of allylic oxidation sites excluding steroid dienone is 2. The largest absolute Gasteiger partial charge is 0.477 e. The maximum Gasteiger partial charge on any atom is 0.341 e. The summed E-state index contributed by atoms with van der Waals surface area (Å²) in [6.45, 7) is 2.82. The van der Waals surface area contributed by atoms with Crippen molar-refractivity contribution < 1.29 is 18.7 Å². The minimum absolute atomic E-state index is 0.194. The number of alkyl halides is 1. The fourth-order valence-corrected chi connectivity index (χ4v) is 4.78. The van der Waals surface area contributed by atoms with E-state index in [-0.39, 0.29) is 33.7 Å². The van der Waals surface area contributed by atoms with E-state index in [1.165, 1.54) is 10.6 Å². The van der Waals surface area contributed by atoms with E-state index in [0.717, 1.165) is 25.5 Å². The van der Waals surface area contributed by atoms with Crippen molar-refractivity contribution in [1.29, 1.82) is 0 Å². The number of carbonyl (C=O) groups is 1. The lowest BCUT2D eigenvalue weighted by molar-refractivity contribution is 0.0695. The molecular weight excluding hydrogens is 394 g/mol. The summed E-state index contributed by atoms with van der Waals surface area (Å²) in [5.41, 5.74) is 11.4. The second kappa shape index (κ2) is 6.04. The number of benzene rings is 1. The third kappa shape index (κ3) is 2.57. The molecule has 0 bridgehead atoms. The zero-order valence-electron chi connectivity index (χ0n) is 16.4. The monoisotopic (exact) mass is 416 g/mol. The van der Waals surface area contributed by atoms with Gasteiger partial charge in [-0.3, -0.25) is 4.79 Å². The highest BCUT2D eigenvalue weighted by atomic mass is 19.1. The smallest absolute Gasteiger partial charge is 0.341 e. The Hall–Kier alpha value is -2.94. The summed E-state index contributed by atoms with van der Waals surface area (Å²) in [5, 5.41) is 9.17. The first kappa shape index (κ1) is 19.0. The number of fused-ring (bicyclic) bond motifs is 1. The summed E-state index contributed by atoms with van der Waals surface area (Å²) in [4.78, 5) is 26.2. The molecule has 1 aromatic heterocycles. The molecule has 9 heteroatoms. The van der Waals surface area contributed by atoms with E-state index in [0.29, 0.717) is 18.7 Å². The van der Waals surface area contributed by atoms with Crippen LogP contribution in [0.3, 0.4) is 0 Å². The standard InChI is InChI=1S/C21H22F2N4O3/c1-9-17-14(19(28)11(20(29)30)8-27(17)13-6-12(13)22)16(24)15(23)18(9)26-5-2-10(7-26)21(25)3-4-21/h6,8,10,12H,2-5,7,24-25H2,1H3,(H,29,30)/t10-,12?/m1/s1. The van der Waals surface area contributed by atoms with E-state index in [2.05, 4.69) is 0 Å². The zero-order chi connectivity index (χ0) is 21.5. The minimum Gasteiger partial charge on any atom is -0.477 e. The van der Waals surface area contributed by atoms with Gasteiger partial charge in [0.25, 0.3) is 0 Å². The lowest BCUT2D eigenvalue weighted by atomic mass is 9.97. The van der Waals surface area contributed by atoms with Crippen molar-refractivity contribution in [2.45, 2.75) is 37.9 Å². The summed E-state index contributed by atoms with van der Waals surface area (Å²) in [6.07, 6.45) is 3.78. The molecular formula is C21H22F2N4O3. The molecule has 30 heavy (non-hydrogen) atoms. The number of hydrogen-bond acceptors (Lipinski definition) is 5. The molecule has 0 spiro atoms. The predicted octanol–water partition coefficient (Wildman–Crippen LogP) is 2.24. The second-order valence-corrected chi connectivity index (χ2v) is 8.63. The minimum atomic E-state index is -1.48. The van der Waals surface area contributed by atoms with E-state index in [4.69, 9.17) is 11.5 Å². The van der Waals surface area contributed by atoms with Crippen LogP contribution in [0.4, 0.5) is 20.2 Å². The van der Waals surface area contributed by atoms with Gasteiger partial charge in [0.1, 0.15) is 5.56 Å². The van der Waals surface area contributed by atoms with Crippen molar-refractivity contribution in [2.24, 2.45) is 11.7 Å². The van der Waals surface area contributed by atoms with Gasteiger partial charge in [-0.1, -0.05) is 0 Å². The fraction of sp³-hybridized carbons (Fsp3) is 0.429. The third-order valence-corrected chi connectivity index (χ3v) is 6.78.